The number of carbonyl (C=O) groups is 1. The first-order chi connectivity index (χ1) is 17.9. The van der Waals surface area contributed by atoms with Gasteiger partial charge in [-0.05, 0) is 36.2 Å². The molecule has 0 bridgehead atoms. The lowest BCUT2D eigenvalue weighted by atomic mass is 9.89. The average molecular weight is 503 g/mol. The number of carbonyl (C=O) groups excluding carboxylic acids is 1. The summed E-state index contributed by atoms with van der Waals surface area (Å²) < 4.78 is 13.2. The van der Waals surface area contributed by atoms with Crippen molar-refractivity contribution in [2.45, 2.75) is 58.5 Å². The number of ether oxygens (including phenoxy) is 2. The van der Waals surface area contributed by atoms with E-state index in [0.29, 0.717) is 6.54 Å². The summed E-state index contributed by atoms with van der Waals surface area (Å²) in [6.45, 7) is 7.18. The second-order valence-corrected chi connectivity index (χ2v) is 10.00. The van der Waals surface area contributed by atoms with Crippen molar-refractivity contribution in [3.63, 3.8) is 0 Å². The molecule has 196 valence electrons. The minimum atomic E-state index is -0.515. The summed E-state index contributed by atoms with van der Waals surface area (Å²) in [7, 11) is 2.14. The molecule has 3 aromatic carbocycles. The van der Waals surface area contributed by atoms with Gasteiger partial charge in [-0.25, -0.2) is 0 Å². The number of aliphatic hydroxyl groups excluding tert-OH is 1. The smallest absolute Gasteiger partial charge is 0.217 e. The molecular formula is C31H38N2O4. The molecule has 5 atom stereocenters. The zero-order valence-corrected chi connectivity index (χ0v) is 22.1. The minimum absolute atomic E-state index is 0.0166. The molecule has 0 unspecified atom stereocenters. The lowest BCUT2D eigenvalue weighted by molar-refractivity contribution is -0.276. The normalized spacial score (nSPS) is 22.5. The highest BCUT2D eigenvalue weighted by atomic mass is 16.7. The van der Waals surface area contributed by atoms with E-state index in [2.05, 4.69) is 55.4 Å². The van der Waals surface area contributed by atoms with Crippen molar-refractivity contribution in [3.05, 3.63) is 107 Å². The Morgan fingerprint density at radius 2 is 1.57 bits per heavy atom. The summed E-state index contributed by atoms with van der Waals surface area (Å²) in [5.41, 5.74) is 5.19. The van der Waals surface area contributed by atoms with Crippen LogP contribution in [0.1, 0.15) is 67.0 Å². The van der Waals surface area contributed by atoms with Gasteiger partial charge in [0.05, 0.1) is 18.8 Å². The van der Waals surface area contributed by atoms with Gasteiger partial charge in [-0.1, -0.05) is 85.8 Å². The summed E-state index contributed by atoms with van der Waals surface area (Å²) in [6.07, 6.45) is -0.730. The third kappa shape index (κ3) is 6.84. The largest absolute Gasteiger partial charge is 0.392 e. The Balaban J connectivity index is 1.56. The van der Waals surface area contributed by atoms with E-state index >= 15 is 0 Å². The van der Waals surface area contributed by atoms with Gasteiger partial charge in [0, 0.05) is 37.5 Å². The van der Waals surface area contributed by atoms with Crippen LogP contribution < -0.4 is 5.32 Å². The highest BCUT2D eigenvalue weighted by Crippen LogP contribution is 2.42. The summed E-state index contributed by atoms with van der Waals surface area (Å²) in [4.78, 5) is 13.6. The van der Waals surface area contributed by atoms with E-state index in [9.17, 15) is 9.90 Å². The SMILES string of the molecule is CC(=O)NCc1ccc([C@H]2O[C@@H](CN(C)[C@@H](C)c3ccccc3)[C@@H](C)[C@@H](c3ccc(CO)cc3)O2)cc1. The molecule has 0 radical (unpaired) electrons. The van der Waals surface area contributed by atoms with Crippen molar-refractivity contribution in [1.29, 1.82) is 0 Å². The Morgan fingerprint density at radius 3 is 2.19 bits per heavy atom. The molecule has 0 aliphatic carbocycles. The van der Waals surface area contributed by atoms with Gasteiger partial charge in [-0.15, -0.1) is 0 Å². The van der Waals surface area contributed by atoms with Crippen LogP contribution in [0.15, 0.2) is 78.9 Å². The molecule has 1 saturated heterocycles. The van der Waals surface area contributed by atoms with Crippen LogP contribution in [0.2, 0.25) is 0 Å². The molecule has 4 rings (SSSR count). The van der Waals surface area contributed by atoms with Crippen molar-refractivity contribution in [2.75, 3.05) is 13.6 Å². The van der Waals surface area contributed by atoms with Crippen LogP contribution in [0.4, 0.5) is 0 Å². The van der Waals surface area contributed by atoms with Crippen LogP contribution in [0, 0.1) is 5.92 Å². The molecule has 1 aliphatic heterocycles. The highest BCUT2D eigenvalue weighted by molar-refractivity contribution is 5.72. The van der Waals surface area contributed by atoms with Crippen molar-refractivity contribution in [2.24, 2.45) is 5.92 Å². The number of likely N-dealkylation sites (N-methyl/N-ethyl adjacent to an activating group) is 1. The van der Waals surface area contributed by atoms with Gasteiger partial charge in [0.25, 0.3) is 0 Å². The van der Waals surface area contributed by atoms with Crippen LogP contribution >= 0.6 is 0 Å². The quantitative estimate of drug-likeness (QED) is 0.416. The van der Waals surface area contributed by atoms with Crippen LogP contribution in [-0.2, 0) is 27.4 Å². The molecule has 6 nitrogen and oxygen atoms in total. The number of benzene rings is 3. The molecule has 0 spiro atoms. The maximum absolute atomic E-state index is 11.3. The second-order valence-electron chi connectivity index (χ2n) is 10.00. The second kappa shape index (κ2) is 12.5. The van der Waals surface area contributed by atoms with Gasteiger partial charge in [-0.2, -0.15) is 0 Å². The predicted molar refractivity (Wildman–Crippen MR) is 144 cm³/mol. The summed E-state index contributed by atoms with van der Waals surface area (Å²) in [5.74, 6) is 0.0597. The predicted octanol–water partition coefficient (Wildman–Crippen LogP) is 5.30. The van der Waals surface area contributed by atoms with Gasteiger partial charge >= 0.3 is 0 Å². The molecule has 0 saturated carbocycles. The molecular weight excluding hydrogens is 464 g/mol. The molecule has 37 heavy (non-hydrogen) atoms. The number of aliphatic hydroxyl groups is 1. The summed E-state index contributed by atoms with van der Waals surface area (Å²) in [5, 5.41) is 12.3. The molecule has 1 aliphatic rings. The molecule has 1 heterocycles. The van der Waals surface area contributed by atoms with Crippen LogP contribution in [0.3, 0.4) is 0 Å². The molecule has 3 aromatic rings. The number of nitrogens with one attached hydrogen (secondary N) is 1. The fourth-order valence-electron chi connectivity index (χ4n) is 4.78. The van der Waals surface area contributed by atoms with Gasteiger partial charge in [0.15, 0.2) is 6.29 Å². The van der Waals surface area contributed by atoms with E-state index in [1.807, 2.05) is 54.6 Å². The van der Waals surface area contributed by atoms with E-state index in [1.54, 1.807) is 0 Å². The van der Waals surface area contributed by atoms with Gasteiger partial charge in [0.2, 0.25) is 5.91 Å². The first-order valence-corrected chi connectivity index (χ1v) is 12.9. The van der Waals surface area contributed by atoms with E-state index in [-0.39, 0.29) is 36.7 Å². The molecule has 1 amide bonds. The number of amides is 1. The first kappa shape index (κ1) is 27.0. The summed E-state index contributed by atoms with van der Waals surface area (Å²) >= 11 is 0. The lowest BCUT2D eigenvalue weighted by Crippen LogP contribution is -2.44. The zero-order valence-electron chi connectivity index (χ0n) is 22.1. The van der Waals surface area contributed by atoms with Gasteiger partial charge < -0.3 is 19.9 Å². The summed E-state index contributed by atoms with van der Waals surface area (Å²) in [6, 6.07) is 26.8. The van der Waals surface area contributed by atoms with Crippen molar-refractivity contribution in [1.82, 2.24) is 10.2 Å². The Labute approximate surface area is 220 Å². The Hall–Kier alpha value is -3.03. The highest BCUT2D eigenvalue weighted by Gasteiger charge is 2.39. The fraction of sp³-hybridized carbons (Fsp3) is 0.387. The van der Waals surface area contributed by atoms with Crippen LogP contribution in [0.5, 0.6) is 0 Å². The standard InChI is InChI=1S/C31H38N2O4/c1-21-29(19-33(4)22(2)26-8-6-5-7-9-26)36-31(28-16-10-24(11-17-28)18-32-23(3)35)37-30(21)27-14-12-25(20-34)13-15-27/h5-17,21-22,29-31,34H,18-20H2,1-4H3,(H,32,35)/t21-,22+,29+,30+,31+/m1/s1. The minimum Gasteiger partial charge on any atom is -0.392 e. The first-order valence-electron chi connectivity index (χ1n) is 12.9. The number of hydrogen-bond acceptors (Lipinski definition) is 5. The van der Waals surface area contributed by atoms with Crippen molar-refractivity contribution in [3.8, 4) is 0 Å². The molecule has 1 fully saturated rings. The molecule has 0 aromatic heterocycles. The maximum atomic E-state index is 11.3. The number of nitrogens with zero attached hydrogens (tertiary/aromatic N) is 1. The Morgan fingerprint density at radius 1 is 0.946 bits per heavy atom. The van der Waals surface area contributed by atoms with Crippen LogP contribution in [-0.4, -0.2) is 35.6 Å². The van der Waals surface area contributed by atoms with Crippen molar-refractivity contribution >= 4 is 5.91 Å². The Kier molecular flexibility index (Phi) is 9.11. The lowest BCUT2D eigenvalue weighted by Gasteiger charge is -2.43. The maximum Gasteiger partial charge on any atom is 0.217 e. The number of rotatable bonds is 9. The van der Waals surface area contributed by atoms with Gasteiger partial charge in [0.1, 0.15) is 0 Å². The molecule has 6 heteroatoms. The fourth-order valence-corrected chi connectivity index (χ4v) is 4.78. The third-order valence-corrected chi connectivity index (χ3v) is 7.33. The monoisotopic (exact) mass is 502 g/mol. The van der Waals surface area contributed by atoms with E-state index < -0.39 is 6.29 Å². The van der Waals surface area contributed by atoms with Crippen molar-refractivity contribution < 1.29 is 19.4 Å². The average Bonchev–Trinajstić information content (AvgIpc) is 2.93. The van der Waals surface area contributed by atoms with Gasteiger partial charge in [-0.3, -0.25) is 9.69 Å². The van der Waals surface area contributed by atoms with E-state index in [1.165, 1.54) is 12.5 Å². The number of hydrogen-bond donors (Lipinski definition) is 2. The topological polar surface area (TPSA) is 71.0 Å². The zero-order chi connectivity index (χ0) is 26.4. The molecule has 2 N–H and O–H groups in total. The third-order valence-electron chi connectivity index (χ3n) is 7.33. The van der Waals surface area contributed by atoms with E-state index in [4.69, 9.17) is 9.47 Å². The Bertz CT molecular complexity index is 1130. The van der Waals surface area contributed by atoms with E-state index in [0.717, 1.165) is 28.8 Å². The van der Waals surface area contributed by atoms with Crippen LogP contribution in [0.25, 0.3) is 0 Å².